The molecule has 2 aliphatic heterocycles. The number of aryl methyl sites for hydroxylation is 1. The molecule has 9 heteroatoms. The van der Waals surface area contributed by atoms with E-state index in [0.717, 1.165) is 49.7 Å². The van der Waals surface area contributed by atoms with Crippen LogP contribution in [0.3, 0.4) is 0 Å². The summed E-state index contributed by atoms with van der Waals surface area (Å²) >= 11 is 0. The fourth-order valence-electron chi connectivity index (χ4n) is 7.20. The summed E-state index contributed by atoms with van der Waals surface area (Å²) in [5.74, 6) is 1.36. The Hall–Kier alpha value is -3.04. The molecule has 2 amide bonds. The van der Waals surface area contributed by atoms with Crippen LogP contribution in [-0.2, 0) is 33.4 Å². The molecule has 0 spiro atoms. The molecule has 1 saturated heterocycles. The van der Waals surface area contributed by atoms with Gasteiger partial charge in [0.1, 0.15) is 19.3 Å². The van der Waals surface area contributed by atoms with Gasteiger partial charge in [-0.25, -0.2) is 0 Å². The van der Waals surface area contributed by atoms with Gasteiger partial charge in [-0.1, -0.05) is 39.0 Å². The number of carbonyl (C=O) groups excluding carboxylic acids is 2. The molecule has 8 nitrogen and oxygen atoms in total. The molecule has 1 saturated carbocycles. The van der Waals surface area contributed by atoms with E-state index in [-0.39, 0.29) is 35.4 Å². The molecule has 0 aromatic heterocycles. The number of carbonyl (C=O) groups is 2. The highest BCUT2D eigenvalue weighted by atomic mass is 16.7. The van der Waals surface area contributed by atoms with Crippen LogP contribution in [0.5, 0.6) is 11.5 Å². The van der Waals surface area contributed by atoms with Crippen molar-refractivity contribution in [3.8, 4) is 11.5 Å². The van der Waals surface area contributed by atoms with Crippen LogP contribution in [-0.4, -0.2) is 56.3 Å². The molecule has 2 N–H and O–H groups in total. The summed E-state index contributed by atoms with van der Waals surface area (Å²) in [5, 5.41) is 6.08. The van der Waals surface area contributed by atoms with Gasteiger partial charge < -0.3 is 29.4 Å². The van der Waals surface area contributed by atoms with Crippen molar-refractivity contribution in [1.29, 1.82) is 0 Å². The Labute approximate surface area is 249 Å². The van der Waals surface area contributed by atoms with Gasteiger partial charge in [0.2, 0.25) is 5.91 Å². The van der Waals surface area contributed by atoms with Crippen molar-refractivity contribution in [3.63, 3.8) is 0 Å². The lowest BCUT2D eigenvalue weighted by Crippen LogP contribution is -2.51. The smallest absolute Gasteiger partial charge is 0.478 e. The average Bonchev–Trinajstić information content (AvgIpc) is 3.29. The molecule has 4 atom stereocenters. The van der Waals surface area contributed by atoms with Gasteiger partial charge in [0, 0.05) is 12.0 Å². The maximum atomic E-state index is 13.7. The van der Waals surface area contributed by atoms with Crippen molar-refractivity contribution in [2.24, 2.45) is 11.3 Å². The van der Waals surface area contributed by atoms with E-state index in [4.69, 9.17) is 18.8 Å². The van der Waals surface area contributed by atoms with Crippen LogP contribution in [0, 0.1) is 11.3 Å². The summed E-state index contributed by atoms with van der Waals surface area (Å²) in [6, 6.07) is 10.8. The number of ether oxygens (including phenoxy) is 2. The van der Waals surface area contributed by atoms with Crippen LogP contribution in [0.25, 0.3) is 0 Å². The zero-order valence-electron chi connectivity index (χ0n) is 25.3. The summed E-state index contributed by atoms with van der Waals surface area (Å²) in [5.41, 5.74) is 3.63. The average molecular weight is 575 g/mol. The normalized spacial score (nSPS) is 26.5. The lowest BCUT2D eigenvalue weighted by Gasteiger charge is -2.47. The monoisotopic (exact) mass is 574 g/mol. The van der Waals surface area contributed by atoms with Crippen LogP contribution in [0.2, 0.25) is 0 Å². The number of fused-ring (bicyclic) bond motifs is 3. The highest BCUT2D eigenvalue weighted by Crippen LogP contribution is 2.50. The van der Waals surface area contributed by atoms with E-state index in [2.05, 4.69) is 44.4 Å². The number of rotatable bonds is 7. The number of amides is 2. The van der Waals surface area contributed by atoms with E-state index in [9.17, 15) is 9.59 Å². The van der Waals surface area contributed by atoms with Gasteiger partial charge in [-0.05, 0) is 91.7 Å². The topological polar surface area (TPSA) is 95.1 Å². The Morgan fingerprint density at radius 1 is 1.05 bits per heavy atom. The molecule has 1 unspecified atom stereocenters. The van der Waals surface area contributed by atoms with Crippen molar-refractivity contribution in [1.82, 2.24) is 10.6 Å². The number of benzene rings is 2. The minimum Gasteiger partial charge on any atom is -0.486 e. The van der Waals surface area contributed by atoms with Gasteiger partial charge in [-0.3, -0.25) is 9.59 Å². The van der Waals surface area contributed by atoms with Crippen LogP contribution in [0.15, 0.2) is 36.4 Å². The molecule has 2 aliphatic carbocycles. The first-order chi connectivity index (χ1) is 20.1. The maximum Gasteiger partial charge on any atom is 0.478 e. The molecule has 2 fully saturated rings. The van der Waals surface area contributed by atoms with Crippen molar-refractivity contribution >= 4 is 18.9 Å². The Kier molecular flexibility index (Phi) is 8.00. The summed E-state index contributed by atoms with van der Waals surface area (Å²) in [4.78, 5) is 27.3. The maximum absolute atomic E-state index is 13.7. The zero-order valence-corrected chi connectivity index (χ0v) is 25.3. The lowest BCUT2D eigenvalue weighted by molar-refractivity contribution is -0.122. The van der Waals surface area contributed by atoms with E-state index in [1.807, 2.05) is 30.3 Å². The summed E-state index contributed by atoms with van der Waals surface area (Å²) < 4.78 is 24.1. The first-order valence-electron chi connectivity index (χ1n) is 15.5. The molecular formula is C33H43BN2O6. The third-order valence-electron chi connectivity index (χ3n) is 9.86. The second-order valence-corrected chi connectivity index (χ2v) is 13.4. The summed E-state index contributed by atoms with van der Waals surface area (Å²) in [7, 11) is -0.531. The lowest BCUT2D eigenvalue weighted by atomic mass is 9.63. The number of hydrogen-bond acceptors (Lipinski definition) is 6. The van der Waals surface area contributed by atoms with Gasteiger partial charge >= 0.3 is 7.12 Å². The minimum absolute atomic E-state index is 0.0000941. The van der Waals surface area contributed by atoms with E-state index < -0.39 is 13.2 Å². The van der Waals surface area contributed by atoms with Crippen LogP contribution in [0.4, 0.5) is 0 Å². The molecule has 4 aliphatic rings. The van der Waals surface area contributed by atoms with Gasteiger partial charge in [0.15, 0.2) is 11.5 Å². The highest BCUT2D eigenvalue weighted by Gasteiger charge is 2.55. The Morgan fingerprint density at radius 3 is 2.67 bits per heavy atom. The molecule has 6 rings (SSSR count). The first-order valence-corrected chi connectivity index (χ1v) is 15.5. The SMILES string of the molecule is C[C@H]1C[C@H]2OB(CNC(=O)C(Cc3ccc4c(c3)OCCO4)NC(=O)c3cccc4c3CCCC4)O[C@@]2(C)CC1(C)C. The van der Waals surface area contributed by atoms with E-state index in [0.29, 0.717) is 42.6 Å². The zero-order chi connectivity index (χ0) is 29.5. The third kappa shape index (κ3) is 5.91. The van der Waals surface area contributed by atoms with Crippen LogP contribution in [0.1, 0.15) is 80.4 Å². The van der Waals surface area contributed by atoms with Crippen LogP contribution >= 0.6 is 0 Å². The molecule has 224 valence electrons. The molecule has 0 bridgehead atoms. The number of nitrogens with one attached hydrogen (secondary N) is 2. The molecule has 0 radical (unpaired) electrons. The quantitative estimate of drug-likeness (QED) is 0.475. The Morgan fingerprint density at radius 2 is 1.83 bits per heavy atom. The van der Waals surface area contributed by atoms with Crippen LogP contribution < -0.4 is 20.1 Å². The van der Waals surface area contributed by atoms with Crippen molar-refractivity contribution < 1.29 is 28.4 Å². The van der Waals surface area contributed by atoms with Gasteiger partial charge in [-0.2, -0.15) is 0 Å². The fourth-order valence-corrected chi connectivity index (χ4v) is 7.20. The Bertz CT molecular complexity index is 1350. The van der Waals surface area contributed by atoms with Crippen molar-refractivity contribution in [3.05, 3.63) is 58.7 Å². The van der Waals surface area contributed by atoms with Gasteiger partial charge in [-0.15, -0.1) is 0 Å². The number of hydrogen-bond donors (Lipinski definition) is 2. The molecular weight excluding hydrogens is 531 g/mol. The predicted octanol–water partition coefficient (Wildman–Crippen LogP) is 4.45. The van der Waals surface area contributed by atoms with Crippen molar-refractivity contribution in [2.45, 2.75) is 90.4 Å². The minimum atomic E-state index is -0.794. The Balaban J connectivity index is 1.17. The highest BCUT2D eigenvalue weighted by molar-refractivity contribution is 6.46. The molecule has 42 heavy (non-hydrogen) atoms. The molecule has 2 aromatic rings. The van der Waals surface area contributed by atoms with Crippen molar-refractivity contribution in [2.75, 3.05) is 19.7 Å². The predicted molar refractivity (Wildman–Crippen MR) is 161 cm³/mol. The summed E-state index contributed by atoms with van der Waals surface area (Å²) in [6.07, 6.45) is 6.41. The van der Waals surface area contributed by atoms with Gasteiger partial charge in [0.25, 0.3) is 5.91 Å². The summed E-state index contributed by atoms with van der Waals surface area (Å²) in [6.45, 7) is 9.95. The second kappa shape index (κ2) is 11.6. The van der Waals surface area contributed by atoms with Gasteiger partial charge in [0.05, 0.1) is 18.1 Å². The second-order valence-electron chi connectivity index (χ2n) is 13.4. The first kappa shape index (κ1) is 29.1. The standard InChI is InChI=1S/C33H43BN2O6/c1-21-16-29-33(4,19-32(21,2)3)42-34(41-29)20-35-31(38)26(17-22-12-13-27-28(18-22)40-15-14-39-27)36-30(37)25-11-7-9-23-8-5-6-10-24(23)25/h7,9,11-13,18,21,26,29H,5-6,8,10,14-17,19-20H2,1-4H3,(H,35,38)(H,36,37)/t21-,26?,29+,33-/m0/s1. The molecule has 2 aromatic carbocycles. The third-order valence-corrected chi connectivity index (χ3v) is 9.86. The largest absolute Gasteiger partial charge is 0.486 e. The molecule has 2 heterocycles. The van der Waals surface area contributed by atoms with E-state index >= 15 is 0 Å². The van der Waals surface area contributed by atoms with E-state index in [1.54, 1.807) is 0 Å². The van der Waals surface area contributed by atoms with E-state index in [1.165, 1.54) is 5.56 Å². The fraction of sp³-hybridized carbons (Fsp3) is 0.576.